The third kappa shape index (κ3) is 10600. The predicted octanol–water partition coefficient (Wildman–Crippen LogP) is 0.920. The molecule has 0 aromatic heterocycles. The Bertz CT molecular complexity index is 22.0. The van der Waals surface area contributed by atoms with Crippen molar-refractivity contribution in [3.8, 4) is 0 Å². The Morgan fingerprint density at radius 3 is 1.17 bits per heavy atom. The average Bonchev–Trinajstić information content (AvgIpc) is 1.41. The minimum atomic E-state index is 2.00. The molecule has 0 spiro atoms. The summed E-state index contributed by atoms with van der Waals surface area (Å²) in [5, 5.41) is 0. The van der Waals surface area contributed by atoms with Crippen molar-refractivity contribution in [2.45, 2.75) is 0 Å². The normalized spacial score (nSPS) is 6.67. The summed E-state index contributed by atoms with van der Waals surface area (Å²) < 4.78 is 7.94. The van der Waals surface area contributed by atoms with Gasteiger partial charge in [-0.2, -0.15) is 0 Å². The SMILES string of the molecule is CN(C)C.O=[P]. The van der Waals surface area contributed by atoms with Crippen molar-refractivity contribution in [3.63, 3.8) is 0 Å². The van der Waals surface area contributed by atoms with Gasteiger partial charge in [0.15, 0.2) is 0 Å². The van der Waals surface area contributed by atoms with Crippen molar-refractivity contribution in [1.29, 1.82) is 0 Å². The maximum atomic E-state index is 7.94. The van der Waals surface area contributed by atoms with Crippen LogP contribution in [0.25, 0.3) is 0 Å². The molecule has 0 amide bonds. The summed E-state index contributed by atoms with van der Waals surface area (Å²) in [5.41, 5.74) is 0. The molecule has 0 aliphatic carbocycles. The first kappa shape index (κ1) is 9.41. The van der Waals surface area contributed by atoms with E-state index in [-0.39, 0.29) is 0 Å². The molecule has 0 saturated carbocycles. The Morgan fingerprint density at radius 2 is 1.17 bits per heavy atom. The van der Waals surface area contributed by atoms with Crippen LogP contribution in [0.3, 0.4) is 0 Å². The Balaban J connectivity index is 0. The number of hydrogen-bond donors (Lipinski definition) is 0. The molecule has 37 valence electrons. The molecule has 0 aliphatic heterocycles. The Hall–Kier alpha value is 0.0600. The third-order valence-electron chi connectivity index (χ3n) is 0. The largest absolute Gasteiger partial charge is 0.312 e. The van der Waals surface area contributed by atoms with Crippen LogP contribution in [0, 0.1) is 0 Å². The van der Waals surface area contributed by atoms with Gasteiger partial charge in [0, 0.05) is 0 Å². The molecule has 0 heterocycles. The standard InChI is InChI=1S/C3H9N.OP/c1-4(2)3;1-2/h1-3H3;. The van der Waals surface area contributed by atoms with Gasteiger partial charge in [-0.3, -0.25) is 4.57 Å². The van der Waals surface area contributed by atoms with Gasteiger partial charge in [0.05, 0.1) is 0 Å². The van der Waals surface area contributed by atoms with Gasteiger partial charge in [0.2, 0.25) is 0 Å². The van der Waals surface area contributed by atoms with Crippen LogP contribution in [0.15, 0.2) is 0 Å². The number of nitrogens with zero attached hydrogens (tertiary/aromatic N) is 1. The van der Waals surface area contributed by atoms with E-state index >= 15 is 0 Å². The lowest BCUT2D eigenvalue weighted by atomic mass is 11.0. The number of hydrogen-bond acceptors (Lipinski definition) is 2. The summed E-state index contributed by atoms with van der Waals surface area (Å²) >= 11 is 0. The quantitative estimate of drug-likeness (QED) is 0.428. The summed E-state index contributed by atoms with van der Waals surface area (Å²) in [5.74, 6) is 0. The van der Waals surface area contributed by atoms with Crippen molar-refractivity contribution in [2.75, 3.05) is 21.1 Å². The van der Waals surface area contributed by atoms with Crippen molar-refractivity contribution in [2.24, 2.45) is 0 Å². The first-order valence-corrected chi connectivity index (χ1v) is 1.89. The van der Waals surface area contributed by atoms with Crippen LogP contribution >= 0.6 is 9.12 Å². The molecule has 0 aromatic carbocycles. The second-order valence-electron chi connectivity index (χ2n) is 1.34. The third-order valence-corrected chi connectivity index (χ3v) is 0. The molecule has 0 aliphatic rings. The molecule has 0 aromatic rings. The molecule has 0 saturated heterocycles. The molecule has 0 bridgehead atoms. The maximum absolute atomic E-state index is 7.94. The fraction of sp³-hybridized carbons (Fsp3) is 1.00. The van der Waals surface area contributed by atoms with Crippen LogP contribution in [0.4, 0.5) is 0 Å². The van der Waals surface area contributed by atoms with E-state index in [0.29, 0.717) is 0 Å². The second-order valence-corrected chi connectivity index (χ2v) is 1.34. The zero-order valence-corrected chi connectivity index (χ0v) is 5.20. The molecule has 0 N–H and O–H groups in total. The van der Waals surface area contributed by atoms with Crippen LogP contribution in [0.1, 0.15) is 0 Å². The van der Waals surface area contributed by atoms with E-state index in [9.17, 15) is 0 Å². The van der Waals surface area contributed by atoms with E-state index in [1.807, 2.05) is 26.0 Å². The van der Waals surface area contributed by atoms with Crippen LogP contribution in [-0.4, -0.2) is 26.0 Å². The Kier molecular flexibility index (Phi) is 14.0. The molecule has 0 unspecified atom stereocenters. The van der Waals surface area contributed by atoms with Crippen LogP contribution in [-0.2, 0) is 4.57 Å². The van der Waals surface area contributed by atoms with Gasteiger partial charge in [0.25, 0.3) is 9.12 Å². The molecule has 0 fully saturated rings. The lowest BCUT2D eigenvalue weighted by Gasteiger charge is -1.90. The van der Waals surface area contributed by atoms with Crippen molar-refractivity contribution in [1.82, 2.24) is 4.90 Å². The molecule has 2 nitrogen and oxygen atoms in total. The van der Waals surface area contributed by atoms with Gasteiger partial charge in [-0.05, 0) is 21.1 Å². The first-order valence-electron chi connectivity index (χ1n) is 1.52. The van der Waals surface area contributed by atoms with Gasteiger partial charge in [-0.25, -0.2) is 0 Å². The van der Waals surface area contributed by atoms with Crippen LogP contribution in [0.5, 0.6) is 0 Å². The van der Waals surface area contributed by atoms with Crippen molar-refractivity contribution < 1.29 is 4.57 Å². The number of rotatable bonds is 0. The van der Waals surface area contributed by atoms with E-state index in [0.717, 1.165) is 0 Å². The Labute approximate surface area is 40.8 Å². The molecule has 1 radical (unpaired) electrons. The molecule has 0 atom stereocenters. The van der Waals surface area contributed by atoms with E-state index < -0.39 is 0 Å². The lowest BCUT2D eigenvalue weighted by molar-refractivity contribution is 0.505. The topological polar surface area (TPSA) is 20.3 Å². The van der Waals surface area contributed by atoms with E-state index in [2.05, 4.69) is 9.12 Å². The minimum Gasteiger partial charge on any atom is -0.312 e. The summed E-state index contributed by atoms with van der Waals surface area (Å²) in [6.45, 7) is 0. The lowest BCUT2D eigenvalue weighted by Crippen LogP contribution is -1.99. The highest BCUT2D eigenvalue weighted by molar-refractivity contribution is 7.00. The molecule has 6 heavy (non-hydrogen) atoms. The smallest absolute Gasteiger partial charge is 0.261 e. The van der Waals surface area contributed by atoms with E-state index in [1.165, 1.54) is 0 Å². The van der Waals surface area contributed by atoms with Gasteiger partial charge in [-0.15, -0.1) is 0 Å². The average molecular weight is 106 g/mol. The highest BCUT2D eigenvalue weighted by Gasteiger charge is 1.58. The molecular formula is C3H9NOP. The van der Waals surface area contributed by atoms with Crippen LogP contribution in [0.2, 0.25) is 0 Å². The van der Waals surface area contributed by atoms with Crippen molar-refractivity contribution in [3.05, 3.63) is 0 Å². The molecular weight excluding hydrogens is 97.0 g/mol. The predicted molar refractivity (Wildman–Crippen MR) is 27.2 cm³/mol. The van der Waals surface area contributed by atoms with Gasteiger partial charge in [-0.1, -0.05) is 0 Å². The fourth-order valence-corrected chi connectivity index (χ4v) is 0. The zero-order chi connectivity index (χ0) is 5.58. The van der Waals surface area contributed by atoms with Gasteiger partial charge < -0.3 is 4.90 Å². The van der Waals surface area contributed by atoms with Crippen molar-refractivity contribution >= 4 is 9.12 Å². The molecule has 3 heteroatoms. The van der Waals surface area contributed by atoms with E-state index in [1.54, 1.807) is 0 Å². The van der Waals surface area contributed by atoms with Gasteiger partial charge in [0.1, 0.15) is 0 Å². The Morgan fingerprint density at radius 1 is 1.17 bits per heavy atom. The second kappa shape index (κ2) is 8.91. The van der Waals surface area contributed by atoms with Crippen LogP contribution < -0.4 is 0 Å². The maximum Gasteiger partial charge on any atom is 0.261 e. The molecule has 0 rings (SSSR count). The minimum absolute atomic E-state index is 2.00. The van der Waals surface area contributed by atoms with Gasteiger partial charge >= 0.3 is 0 Å². The fourth-order valence-electron chi connectivity index (χ4n) is 0. The summed E-state index contributed by atoms with van der Waals surface area (Å²) in [4.78, 5) is 2.00. The highest BCUT2D eigenvalue weighted by atomic mass is 31.0. The summed E-state index contributed by atoms with van der Waals surface area (Å²) in [6.07, 6.45) is 0. The first-order chi connectivity index (χ1) is 2.73. The summed E-state index contributed by atoms with van der Waals surface area (Å²) in [7, 11) is 8.28. The monoisotopic (exact) mass is 106 g/mol. The summed E-state index contributed by atoms with van der Waals surface area (Å²) in [6, 6.07) is 0. The zero-order valence-electron chi connectivity index (χ0n) is 4.30. The highest BCUT2D eigenvalue weighted by Crippen LogP contribution is 1.47. The van der Waals surface area contributed by atoms with E-state index in [4.69, 9.17) is 4.57 Å².